The number of hydrogen-bond acceptors (Lipinski definition) is 4. The van der Waals surface area contributed by atoms with Crippen molar-refractivity contribution in [2.45, 2.75) is 18.9 Å². The minimum atomic E-state index is 0.289. The Labute approximate surface area is 114 Å². The van der Waals surface area contributed by atoms with E-state index in [2.05, 4.69) is 36.1 Å². The molecule has 3 saturated heterocycles. The highest BCUT2D eigenvalue weighted by atomic mass is 79.9. The number of halogens is 2. The van der Waals surface area contributed by atoms with E-state index in [0.29, 0.717) is 6.04 Å². The number of hydrogen-bond donors (Lipinski definition) is 1. The van der Waals surface area contributed by atoms with Crippen molar-refractivity contribution in [3.05, 3.63) is 16.0 Å². The SMILES string of the molecule is Clc1ncc(Br)c(NC2CN3CCC2CC3)n1. The van der Waals surface area contributed by atoms with Crippen molar-refractivity contribution in [1.29, 1.82) is 0 Å². The summed E-state index contributed by atoms with van der Waals surface area (Å²) in [7, 11) is 0. The summed E-state index contributed by atoms with van der Waals surface area (Å²) >= 11 is 9.27. The molecule has 6 heteroatoms. The lowest BCUT2D eigenvalue weighted by Gasteiger charge is -2.45. The van der Waals surface area contributed by atoms with Crippen molar-refractivity contribution < 1.29 is 0 Å². The van der Waals surface area contributed by atoms with E-state index >= 15 is 0 Å². The third-order valence-electron chi connectivity index (χ3n) is 3.69. The predicted molar refractivity (Wildman–Crippen MR) is 71.3 cm³/mol. The first kappa shape index (κ1) is 11.7. The Morgan fingerprint density at radius 3 is 2.82 bits per heavy atom. The van der Waals surface area contributed by atoms with E-state index in [9.17, 15) is 0 Å². The maximum atomic E-state index is 5.82. The summed E-state index contributed by atoms with van der Waals surface area (Å²) in [6.45, 7) is 3.60. The molecule has 4 nitrogen and oxygen atoms in total. The summed E-state index contributed by atoms with van der Waals surface area (Å²) in [5, 5.41) is 3.79. The van der Waals surface area contributed by atoms with Crippen LogP contribution < -0.4 is 5.32 Å². The molecule has 1 atom stereocenters. The number of piperidine rings is 3. The number of rotatable bonds is 2. The van der Waals surface area contributed by atoms with Gasteiger partial charge in [-0.3, -0.25) is 0 Å². The molecule has 0 aromatic carbocycles. The van der Waals surface area contributed by atoms with Gasteiger partial charge in [-0.05, 0) is 59.4 Å². The summed E-state index contributed by atoms with van der Waals surface area (Å²) < 4.78 is 0.873. The number of anilines is 1. The number of fused-ring (bicyclic) bond motifs is 3. The molecule has 1 unspecified atom stereocenters. The van der Waals surface area contributed by atoms with Gasteiger partial charge < -0.3 is 10.2 Å². The molecule has 0 spiro atoms. The monoisotopic (exact) mass is 316 g/mol. The second-order valence-corrected chi connectivity index (χ2v) is 5.92. The van der Waals surface area contributed by atoms with Gasteiger partial charge in [-0.1, -0.05) is 0 Å². The first-order chi connectivity index (χ1) is 8.22. The number of nitrogens with zero attached hydrogens (tertiary/aromatic N) is 3. The van der Waals surface area contributed by atoms with Crippen molar-refractivity contribution in [3.63, 3.8) is 0 Å². The largest absolute Gasteiger partial charge is 0.365 e. The van der Waals surface area contributed by atoms with E-state index in [1.54, 1.807) is 6.20 Å². The molecule has 2 bridgehead atoms. The first-order valence-corrected chi connectivity index (χ1v) is 7.06. The molecular weight excluding hydrogens is 304 g/mol. The maximum absolute atomic E-state index is 5.82. The molecule has 4 heterocycles. The molecule has 3 aliphatic heterocycles. The van der Waals surface area contributed by atoms with E-state index in [0.717, 1.165) is 22.8 Å². The summed E-state index contributed by atoms with van der Waals surface area (Å²) in [4.78, 5) is 10.7. The van der Waals surface area contributed by atoms with Gasteiger partial charge in [-0.2, -0.15) is 4.98 Å². The van der Waals surface area contributed by atoms with Crippen LogP contribution in [0.15, 0.2) is 10.7 Å². The lowest BCUT2D eigenvalue weighted by molar-refractivity contribution is 0.0973. The maximum Gasteiger partial charge on any atom is 0.224 e. The second kappa shape index (κ2) is 4.71. The molecule has 0 amide bonds. The Kier molecular flexibility index (Phi) is 3.23. The van der Waals surface area contributed by atoms with E-state index in [4.69, 9.17) is 11.6 Å². The first-order valence-electron chi connectivity index (χ1n) is 5.89. The summed E-state index contributed by atoms with van der Waals surface area (Å²) in [5.41, 5.74) is 0. The minimum Gasteiger partial charge on any atom is -0.365 e. The second-order valence-electron chi connectivity index (χ2n) is 4.72. The van der Waals surface area contributed by atoms with Crippen LogP contribution in [0.5, 0.6) is 0 Å². The van der Waals surface area contributed by atoms with Crippen LogP contribution in [-0.2, 0) is 0 Å². The fraction of sp³-hybridized carbons (Fsp3) is 0.636. The summed E-state index contributed by atoms with van der Waals surface area (Å²) in [6, 6.07) is 0.486. The zero-order valence-corrected chi connectivity index (χ0v) is 11.7. The third kappa shape index (κ3) is 2.41. The molecule has 1 aromatic heterocycles. The van der Waals surface area contributed by atoms with Gasteiger partial charge >= 0.3 is 0 Å². The number of aromatic nitrogens is 2. The lowest BCUT2D eigenvalue weighted by atomic mass is 9.84. The average Bonchev–Trinajstić information content (AvgIpc) is 2.35. The molecule has 3 fully saturated rings. The Morgan fingerprint density at radius 2 is 2.18 bits per heavy atom. The lowest BCUT2D eigenvalue weighted by Crippen LogP contribution is -2.53. The molecule has 0 radical (unpaired) electrons. The van der Waals surface area contributed by atoms with Gasteiger partial charge in [0.15, 0.2) is 0 Å². The molecular formula is C11H14BrClN4. The fourth-order valence-electron chi connectivity index (χ4n) is 2.75. The highest BCUT2D eigenvalue weighted by Crippen LogP contribution is 2.31. The Hall–Kier alpha value is -0.390. The molecule has 3 aliphatic rings. The van der Waals surface area contributed by atoms with E-state index in [1.165, 1.54) is 25.9 Å². The van der Waals surface area contributed by atoms with Crippen LogP contribution in [0.4, 0.5) is 5.82 Å². The van der Waals surface area contributed by atoms with Crippen molar-refractivity contribution in [3.8, 4) is 0 Å². The van der Waals surface area contributed by atoms with Crippen molar-refractivity contribution in [2.24, 2.45) is 5.92 Å². The molecule has 92 valence electrons. The van der Waals surface area contributed by atoms with Crippen LogP contribution in [0.3, 0.4) is 0 Å². The summed E-state index contributed by atoms with van der Waals surface area (Å²) in [6.07, 6.45) is 4.27. The van der Waals surface area contributed by atoms with Gasteiger partial charge in [0.2, 0.25) is 5.28 Å². The van der Waals surface area contributed by atoms with E-state index in [1.807, 2.05) is 0 Å². The van der Waals surface area contributed by atoms with E-state index < -0.39 is 0 Å². The smallest absolute Gasteiger partial charge is 0.224 e. The minimum absolute atomic E-state index is 0.289. The fourth-order valence-corrected chi connectivity index (χ4v) is 3.19. The van der Waals surface area contributed by atoms with Crippen molar-refractivity contribution in [2.75, 3.05) is 25.0 Å². The van der Waals surface area contributed by atoms with Crippen LogP contribution in [0.2, 0.25) is 5.28 Å². The zero-order chi connectivity index (χ0) is 11.8. The topological polar surface area (TPSA) is 41.1 Å². The highest BCUT2D eigenvalue weighted by molar-refractivity contribution is 9.10. The number of nitrogens with one attached hydrogen (secondary N) is 1. The zero-order valence-electron chi connectivity index (χ0n) is 9.37. The van der Waals surface area contributed by atoms with Gasteiger partial charge in [0.05, 0.1) is 4.47 Å². The highest BCUT2D eigenvalue weighted by Gasteiger charge is 2.34. The van der Waals surface area contributed by atoms with Gasteiger partial charge in [0, 0.05) is 18.8 Å². The molecule has 0 aliphatic carbocycles. The average molecular weight is 318 g/mol. The van der Waals surface area contributed by atoms with Gasteiger partial charge in [-0.15, -0.1) is 0 Å². The van der Waals surface area contributed by atoms with Gasteiger partial charge in [0.25, 0.3) is 0 Å². The predicted octanol–water partition coefficient (Wildman–Crippen LogP) is 2.40. The molecule has 1 aromatic rings. The van der Waals surface area contributed by atoms with Gasteiger partial charge in [0.1, 0.15) is 5.82 Å². The molecule has 17 heavy (non-hydrogen) atoms. The molecule has 1 N–H and O–H groups in total. The van der Waals surface area contributed by atoms with E-state index in [-0.39, 0.29) is 5.28 Å². The third-order valence-corrected chi connectivity index (χ3v) is 4.46. The standard InChI is InChI=1S/C11H14BrClN4/c12-8-5-14-11(13)16-10(8)15-9-6-17-3-1-7(9)2-4-17/h5,7,9H,1-4,6H2,(H,14,15,16). The Morgan fingerprint density at radius 1 is 1.41 bits per heavy atom. The van der Waals surface area contributed by atoms with Gasteiger partial charge in [-0.25, -0.2) is 4.98 Å². The van der Waals surface area contributed by atoms with Crippen molar-refractivity contribution in [1.82, 2.24) is 14.9 Å². The van der Waals surface area contributed by atoms with Crippen LogP contribution >= 0.6 is 27.5 Å². The Balaban J connectivity index is 1.76. The Bertz CT molecular complexity index is 420. The molecule has 0 saturated carbocycles. The van der Waals surface area contributed by atoms with Crippen LogP contribution in [0.25, 0.3) is 0 Å². The molecule has 4 rings (SSSR count). The quantitative estimate of drug-likeness (QED) is 0.851. The van der Waals surface area contributed by atoms with Crippen molar-refractivity contribution >= 4 is 33.3 Å². The van der Waals surface area contributed by atoms with Crippen LogP contribution in [0.1, 0.15) is 12.8 Å². The van der Waals surface area contributed by atoms with Crippen LogP contribution in [-0.4, -0.2) is 40.5 Å². The summed E-state index contributed by atoms with van der Waals surface area (Å²) in [5.74, 6) is 1.57. The van der Waals surface area contributed by atoms with Crippen LogP contribution in [0, 0.1) is 5.92 Å². The normalized spacial score (nSPS) is 31.5.